The summed E-state index contributed by atoms with van der Waals surface area (Å²) in [4.78, 5) is 12.9. The maximum absolute atomic E-state index is 12.9. The zero-order valence-corrected chi connectivity index (χ0v) is 14.6. The van der Waals surface area contributed by atoms with E-state index >= 15 is 0 Å². The van der Waals surface area contributed by atoms with Crippen LogP contribution in [0.15, 0.2) is 42.5 Å². The van der Waals surface area contributed by atoms with E-state index < -0.39 is 0 Å². The summed E-state index contributed by atoms with van der Waals surface area (Å²) in [6.07, 6.45) is 1.94. The standard InChI is InChI=1S/C20H21N3O3/c1-13(12-26-15-7-3-2-4-8-15)20(24)23-17-11-18-14(6-5-9-25-18)10-16(17)19(21)22-23/h2-4,7-8,10-11,13H,5-6,9,12H2,1H3,(H2,21,22). The third-order valence-electron chi connectivity index (χ3n) is 4.61. The van der Waals surface area contributed by atoms with Gasteiger partial charge in [-0.3, -0.25) is 4.79 Å². The van der Waals surface area contributed by atoms with Gasteiger partial charge in [0, 0.05) is 11.5 Å². The van der Waals surface area contributed by atoms with Gasteiger partial charge in [0.15, 0.2) is 5.82 Å². The van der Waals surface area contributed by atoms with Crippen molar-refractivity contribution in [2.24, 2.45) is 5.92 Å². The molecule has 1 atom stereocenters. The van der Waals surface area contributed by atoms with Crippen LogP contribution in [-0.2, 0) is 6.42 Å². The van der Waals surface area contributed by atoms with E-state index in [9.17, 15) is 4.79 Å². The van der Waals surface area contributed by atoms with Crippen molar-refractivity contribution in [2.45, 2.75) is 19.8 Å². The van der Waals surface area contributed by atoms with Crippen molar-refractivity contribution >= 4 is 22.6 Å². The number of anilines is 1. The van der Waals surface area contributed by atoms with E-state index in [1.807, 2.05) is 49.4 Å². The number of carbonyl (C=O) groups is 1. The van der Waals surface area contributed by atoms with Crippen molar-refractivity contribution in [1.82, 2.24) is 9.78 Å². The van der Waals surface area contributed by atoms with Crippen LogP contribution in [0.1, 0.15) is 23.7 Å². The SMILES string of the molecule is CC(COc1ccccc1)C(=O)n1nc(N)c2cc3c(cc21)OCCC3. The van der Waals surface area contributed by atoms with Gasteiger partial charge in [-0.25, -0.2) is 0 Å². The molecule has 0 radical (unpaired) electrons. The van der Waals surface area contributed by atoms with Crippen molar-refractivity contribution in [3.8, 4) is 11.5 Å². The summed E-state index contributed by atoms with van der Waals surface area (Å²) in [5.41, 5.74) is 7.85. The molecule has 0 fully saturated rings. The Kier molecular flexibility index (Phi) is 4.24. The maximum Gasteiger partial charge on any atom is 0.253 e. The zero-order valence-electron chi connectivity index (χ0n) is 14.6. The van der Waals surface area contributed by atoms with Crippen molar-refractivity contribution in [2.75, 3.05) is 18.9 Å². The van der Waals surface area contributed by atoms with Gasteiger partial charge < -0.3 is 15.2 Å². The molecule has 0 saturated carbocycles. The molecule has 1 aliphatic heterocycles. The summed E-state index contributed by atoms with van der Waals surface area (Å²) >= 11 is 0. The molecular weight excluding hydrogens is 330 g/mol. The average Bonchev–Trinajstić information content (AvgIpc) is 3.00. The molecule has 134 valence electrons. The van der Waals surface area contributed by atoms with Crippen molar-refractivity contribution in [1.29, 1.82) is 0 Å². The molecule has 0 spiro atoms. The van der Waals surface area contributed by atoms with Gasteiger partial charge in [0.05, 0.1) is 24.6 Å². The highest BCUT2D eigenvalue weighted by Crippen LogP contribution is 2.32. The Morgan fingerprint density at radius 2 is 2.15 bits per heavy atom. The molecule has 1 aromatic heterocycles. The monoisotopic (exact) mass is 351 g/mol. The van der Waals surface area contributed by atoms with Crippen LogP contribution in [0.2, 0.25) is 0 Å². The van der Waals surface area contributed by atoms with Crippen LogP contribution in [0.4, 0.5) is 5.82 Å². The number of hydrogen-bond acceptors (Lipinski definition) is 5. The number of hydrogen-bond donors (Lipinski definition) is 1. The zero-order chi connectivity index (χ0) is 18.1. The first-order chi connectivity index (χ1) is 12.6. The predicted octanol–water partition coefficient (Wildman–Crippen LogP) is 3.30. The van der Waals surface area contributed by atoms with Crippen LogP contribution in [-0.4, -0.2) is 28.9 Å². The molecular formula is C20H21N3O3. The van der Waals surface area contributed by atoms with Gasteiger partial charge in [0.25, 0.3) is 5.91 Å². The van der Waals surface area contributed by atoms with Crippen molar-refractivity contribution in [3.05, 3.63) is 48.0 Å². The lowest BCUT2D eigenvalue weighted by molar-refractivity contribution is 0.0792. The summed E-state index contributed by atoms with van der Waals surface area (Å²) in [7, 11) is 0. The highest BCUT2D eigenvalue weighted by Gasteiger charge is 2.23. The number of benzene rings is 2. The fourth-order valence-corrected chi connectivity index (χ4v) is 3.17. The van der Waals surface area contributed by atoms with E-state index in [4.69, 9.17) is 15.2 Å². The number of carbonyl (C=O) groups excluding carboxylic acids is 1. The average molecular weight is 351 g/mol. The predicted molar refractivity (Wildman–Crippen MR) is 99.7 cm³/mol. The minimum absolute atomic E-state index is 0.154. The van der Waals surface area contributed by atoms with E-state index in [2.05, 4.69) is 5.10 Å². The van der Waals surface area contributed by atoms with Crippen LogP contribution in [0, 0.1) is 5.92 Å². The third kappa shape index (κ3) is 2.98. The highest BCUT2D eigenvalue weighted by atomic mass is 16.5. The Morgan fingerprint density at radius 3 is 2.96 bits per heavy atom. The topological polar surface area (TPSA) is 79.4 Å². The molecule has 2 aromatic carbocycles. The van der Waals surface area contributed by atoms with Gasteiger partial charge in [-0.05, 0) is 36.6 Å². The first-order valence-electron chi connectivity index (χ1n) is 8.79. The smallest absolute Gasteiger partial charge is 0.253 e. The minimum Gasteiger partial charge on any atom is -0.493 e. The molecule has 0 aliphatic carbocycles. The number of nitrogens with zero attached hydrogens (tertiary/aromatic N) is 2. The molecule has 0 bridgehead atoms. The first-order valence-corrected chi connectivity index (χ1v) is 8.79. The lowest BCUT2D eigenvalue weighted by Gasteiger charge is -2.17. The second kappa shape index (κ2) is 6.71. The van der Waals surface area contributed by atoms with E-state index in [1.165, 1.54) is 4.68 Å². The fourth-order valence-electron chi connectivity index (χ4n) is 3.17. The van der Waals surface area contributed by atoms with Gasteiger partial charge >= 0.3 is 0 Å². The molecule has 26 heavy (non-hydrogen) atoms. The number of aromatic nitrogens is 2. The lowest BCUT2D eigenvalue weighted by atomic mass is 10.0. The molecule has 4 rings (SSSR count). The van der Waals surface area contributed by atoms with Gasteiger partial charge in [-0.2, -0.15) is 4.68 Å². The largest absolute Gasteiger partial charge is 0.493 e. The highest BCUT2D eigenvalue weighted by molar-refractivity contribution is 5.98. The number of rotatable bonds is 4. The van der Waals surface area contributed by atoms with Crippen LogP contribution in [0.5, 0.6) is 11.5 Å². The van der Waals surface area contributed by atoms with Crippen LogP contribution < -0.4 is 15.2 Å². The van der Waals surface area contributed by atoms with Crippen LogP contribution >= 0.6 is 0 Å². The summed E-state index contributed by atoms with van der Waals surface area (Å²) in [5.74, 6) is 1.39. The molecule has 6 heteroatoms. The molecule has 6 nitrogen and oxygen atoms in total. The molecule has 2 N–H and O–H groups in total. The molecule has 1 aliphatic rings. The molecule has 3 aromatic rings. The van der Waals surface area contributed by atoms with E-state index in [-0.39, 0.29) is 18.4 Å². The lowest BCUT2D eigenvalue weighted by Crippen LogP contribution is -2.25. The number of nitrogens with two attached hydrogens (primary N) is 1. The van der Waals surface area contributed by atoms with Gasteiger partial charge in [-0.1, -0.05) is 25.1 Å². The van der Waals surface area contributed by atoms with E-state index in [1.54, 1.807) is 0 Å². The maximum atomic E-state index is 12.9. The van der Waals surface area contributed by atoms with Gasteiger partial charge in [0.2, 0.25) is 0 Å². The van der Waals surface area contributed by atoms with E-state index in [0.717, 1.165) is 35.3 Å². The number of fused-ring (bicyclic) bond motifs is 2. The Balaban J connectivity index is 1.60. The Labute approximate surface area is 151 Å². The van der Waals surface area contributed by atoms with Crippen LogP contribution in [0.25, 0.3) is 10.9 Å². The summed E-state index contributed by atoms with van der Waals surface area (Å²) in [6.45, 7) is 2.78. The Bertz CT molecular complexity index is 950. The number of para-hydroxylation sites is 1. The number of ether oxygens (including phenoxy) is 2. The molecule has 1 unspecified atom stereocenters. The molecule has 0 amide bonds. The molecule has 0 saturated heterocycles. The van der Waals surface area contributed by atoms with Crippen molar-refractivity contribution < 1.29 is 14.3 Å². The Morgan fingerprint density at radius 1 is 1.35 bits per heavy atom. The number of nitrogen functional groups attached to an aromatic ring is 1. The first kappa shape index (κ1) is 16.4. The minimum atomic E-state index is -0.366. The van der Waals surface area contributed by atoms with Gasteiger partial charge in [0.1, 0.15) is 11.5 Å². The van der Waals surface area contributed by atoms with Crippen LogP contribution in [0.3, 0.4) is 0 Å². The summed E-state index contributed by atoms with van der Waals surface area (Å²) < 4.78 is 12.8. The molecule has 2 heterocycles. The van der Waals surface area contributed by atoms with Gasteiger partial charge in [-0.15, -0.1) is 5.10 Å². The summed E-state index contributed by atoms with van der Waals surface area (Å²) in [6, 6.07) is 13.3. The normalized spacial score (nSPS) is 14.5. The number of aryl methyl sites for hydroxylation is 1. The Hall–Kier alpha value is -3.02. The third-order valence-corrected chi connectivity index (χ3v) is 4.61. The summed E-state index contributed by atoms with van der Waals surface area (Å²) in [5, 5.41) is 5.06. The van der Waals surface area contributed by atoms with Crippen molar-refractivity contribution in [3.63, 3.8) is 0 Å². The van der Waals surface area contributed by atoms with E-state index in [0.29, 0.717) is 17.9 Å². The second-order valence-corrected chi connectivity index (χ2v) is 6.59. The second-order valence-electron chi connectivity index (χ2n) is 6.59. The quantitative estimate of drug-likeness (QED) is 0.780. The fraction of sp³-hybridized carbons (Fsp3) is 0.300.